The topological polar surface area (TPSA) is 97.1 Å². The number of nitrogens with one attached hydrogen (secondary N) is 1. The van der Waals surface area contributed by atoms with Crippen molar-refractivity contribution in [2.45, 2.75) is 13.0 Å². The molecule has 0 fully saturated rings. The summed E-state index contributed by atoms with van der Waals surface area (Å²) < 4.78 is 1.06. The van der Waals surface area contributed by atoms with Crippen LogP contribution in [0.1, 0.15) is 16.1 Å². The van der Waals surface area contributed by atoms with Crippen molar-refractivity contribution in [1.82, 2.24) is 20.3 Å². The van der Waals surface area contributed by atoms with Crippen LogP contribution in [0.25, 0.3) is 0 Å². The number of hydrogen-bond donors (Lipinski definition) is 2. The molecule has 0 radical (unpaired) electrons. The fraction of sp³-hybridized carbons (Fsp3) is 0.231. The van der Waals surface area contributed by atoms with Gasteiger partial charge in [0.2, 0.25) is 5.91 Å². The van der Waals surface area contributed by atoms with E-state index in [2.05, 4.69) is 15.6 Å². The van der Waals surface area contributed by atoms with Crippen LogP contribution in [0.3, 0.4) is 0 Å². The Morgan fingerprint density at radius 3 is 2.70 bits per heavy atom. The number of nitrogens with zero attached hydrogens (tertiary/aromatic N) is 3. The van der Waals surface area contributed by atoms with E-state index in [-0.39, 0.29) is 18.1 Å². The summed E-state index contributed by atoms with van der Waals surface area (Å²) in [4.78, 5) is 22.5. The quantitative estimate of drug-likeness (QED) is 0.791. The Morgan fingerprint density at radius 2 is 2.00 bits per heavy atom. The van der Waals surface area contributed by atoms with Gasteiger partial charge in [-0.2, -0.15) is 0 Å². The van der Waals surface area contributed by atoms with Gasteiger partial charge in [-0.3, -0.25) is 4.79 Å². The van der Waals surface area contributed by atoms with Gasteiger partial charge in [0.05, 0.1) is 6.20 Å². The summed E-state index contributed by atoms with van der Waals surface area (Å²) in [7, 11) is 0. The van der Waals surface area contributed by atoms with Gasteiger partial charge in [0, 0.05) is 6.54 Å². The summed E-state index contributed by atoms with van der Waals surface area (Å²) in [5, 5.41) is 18.6. The van der Waals surface area contributed by atoms with Gasteiger partial charge in [-0.15, -0.1) is 5.10 Å². The van der Waals surface area contributed by atoms with Gasteiger partial charge in [-0.1, -0.05) is 35.5 Å². The van der Waals surface area contributed by atoms with Crippen molar-refractivity contribution >= 4 is 11.9 Å². The molecule has 0 spiro atoms. The van der Waals surface area contributed by atoms with Crippen LogP contribution in [0.5, 0.6) is 0 Å². The van der Waals surface area contributed by atoms with Crippen molar-refractivity contribution in [3.8, 4) is 0 Å². The number of aromatic carboxylic acids is 1. The van der Waals surface area contributed by atoms with E-state index in [1.165, 1.54) is 0 Å². The summed E-state index contributed by atoms with van der Waals surface area (Å²) in [5.74, 6) is -1.46. The number of aromatic nitrogens is 3. The first-order chi connectivity index (χ1) is 9.66. The maximum Gasteiger partial charge on any atom is 0.355 e. The van der Waals surface area contributed by atoms with Crippen LogP contribution < -0.4 is 5.32 Å². The van der Waals surface area contributed by atoms with Crippen molar-refractivity contribution in [3.05, 3.63) is 47.8 Å². The first kappa shape index (κ1) is 13.7. The van der Waals surface area contributed by atoms with E-state index in [0.717, 1.165) is 22.9 Å². The lowest BCUT2D eigenvalue weighted by Gasteiger charge is -2.06. The predicted octanol–water partition coefficient (Wildman–Crippen LogP) is 0.335. The molecular formula is C13H14N4O3. The van der Waals surface area contributed by atoms with Crippen LogP contribution in [-0.2, 0) is 17.8 Å². The maximum atomic E-state index is 11.7. The highest BCUT2D eigenvalue weighted by Crippen LogP contribution is 1.99. The molecule has 1 heterocycles. The second-order valence-electron chi connectivity index (χ2n) is 4.17. The molecule has 2 N–H and O–H groups in total. The monoisotopic (exact) mass is 274 g/mol. The van der Waals surface area contributed by atoms with Gasteiger partial charge in [-0.25, -0.2) is 9.48 Å². The van der Waals surface area contributed by atoms with Gasteiger partial charge in [0.1, 0.15) is 6.54 Å². The van der Waals surface area contributed by atoms with Crippen LogP contribution in [0, 0.1) is 0 Å². The molecule has 1 amide bonds. The molecule has 0 unspecified atom stereocenters. The number of carboxylic acids is 1. The second-order valence-corrected chi connectivity index (χ2v) is 4.17. The van der Waals surface area contributed by atoms with Crippen molar-refractivity contribution in [2.24, 2.45) is 0 Å². The van der Waals surface area contributed by atoms with Gasteiger partial charge in [-0.05, 0) is 12.0 Å². The van der Waals surface area contributed by atoms with Gasteiger partial charge < -0.3 is 10.4 Å². The molecule has 7 nitrogen and oxygen atoms in total. The Hall–Kier alpha value is -2.70. The number of rotatable bonds is 6. The van der Waals surface area contributed by atoms with E-state index in [0.29, 0.717) is 6.54 Å². The minimum atomic E-state index is -1.16. The molecule has 0 aliphatic rings. The number of carbonyl (C=O) groups is 2. The molecule has 104 valence electrons. The Labute approximate surface area is 115 Å². The summed E-state index contributed by atoms with van der Waals surface area (Å²) in [6.07, 6.45) is 1.83. The highest BCUT2D eigenvalue weighted by atomic mass is 16.4. The molecule has 0 saturated carbocycles. The van der Waals surface area contributed by atoms with Crippen LogP contribution in [0.2, 0.25) is 0 Å². The summed E-state index contributed by atoms with van der Waals surface area (Å²) in [6, 6.07) is 9.76. The zero-order chi connectivity index (χ0) is 14.4. The van der Waals surface area contributed by atoms with Crippen LogP contribution >= 0.6 is 0 Å². The Balaban J connectivity index is 1.81. The molecular weight excluding hydrogens is 260 g/mol. The average Bonchev–Trinajstić information content (AvgIpc) is 2.88. The predicted molar refractivity (Wildman–Crippen MR) is 70.1 cm³/mol. The number of carboxylic acid groups (broad SMARTS) is 1. The van der Waals surface area contributed by atoms with Crippen molar-refractivity contribution in [2.75, 3.05) is 6.54 Å². The standard InChI is InChI=1S/C13H14N4O3/c18-12(9-17-11(13(19)20)8-15-16-17)14-7-6-10-4-2-1-3-5-10/h1-5,8H,6-7,9H2,(H,14,18)(H,19,20). The number of carbonyl (C=O) groups excluding carboxylic acids is 1. The van der Waals surface area contributed by atoms with Gasteiger partial charge in [0.15, 0.2) is 5.69 Å². The van der Waals surface area contributed by atoms with Crippen molar-refractivity contribution in [1.29, 1.82) is 0 Å². The molecule has 0 saturated heterocycles. The zero-order valence-corrected chi connectivity index (χ0v) is 10.7. The van der Waals surface area contributed by atoms with E-state index in [1.807, 2.05) is 30.3 Å². The molecule has 0 bridgehead atoms. The molecule has 7 heteroatoms. The maximum absolute atomic E-state index is 11.7. The summed E-state index contributed by atoms with van der Waals surface area (Å²) in [5.41, 5.74) is 1.02. The lowest BCUT2D eigenvalue weighted by Crippen LogP contribution is -2.30. The lowest BCUT2D eigenvalue weighted by molar-refractivity contribution is -0.121. The molecule has 1 aromatic carbocycles. The SMILES string of the molecule is O=C(Cn1nncc1C(=O)O)NCCc1ccccc1. The van der Waals surface area contributed by atoms with Crippen LogP contribution in [-0.4, -0.2) is 38.5 Å². The minimum Gasteiger partial charge on any atom is -0.476 e. The van der Waals surface area contributed by atoms with E-state index in [1.54, 1.807) is 0 Å². The van der Waals surface area contributed by atoms with Gasteiger partial charge in [0.25, 0.3) is 0 Å². The van der Waals surface area contributed by atoms with E-state index in [9.17, 15) is 9.59 Å². The summed E-state index contributed by atoms with van der Waals surface area (Å²) >= 11 is 0. The lowest BCUT2D eigenvalue weighted by atomic mass is 10.1. The average molecular weight is 274 g/mol. The Bertz CT molecular complexity index is 595. The molecule has 2 rings (SSSR count). The molecule has 2 aromatic rings. The number of amides is 1. The fourth-order valence-electron chi connectivity index (χ4n) is 1.72. The third-order valence-corrected chi connectivity index (χ3v) is 2.71. The molecule has 0 aliphatic carbocycles. The van der Waals surface area contributed by atoms with Crippen LogP contribution in [0.4, 0.5) is 0 Å². The third-order valence-electron chi connectivity index (χ3n) is 2.71. The second kappa shape index (κ2) is 6.46. The summed E-state index contributed by atoms with van der Waals surface area (Å²) in [6.45, 7) is 0.330. The van der Waals surface area contributed by atoms with E-state index < -0.39 is 5.97 Å². The molecule has 0 aliphatic heterocycles. The third kappa shape index (κ3) is 3.64. The largest absolute Gasteiger partial charge is 0.476 e. The number of benzene rings is 1. The molecule has 1 aromatic heterocycles. The number of hydrogen-bond acceptors (Lipinski definition) is 4. The zero-order valence-electron chi connectivity index (χ0n) is 10.7. The first-order valence-electron chi connectivity index (χ1n) is 6.09. The Morgan fingerprint density at radius 1 is 1.25 bits per heavy atom. The minimum absolute atomic E-state index is 0.108. The normalized spacial score (nSPS) is 10.2. The first-order valence-corrected chi connectivity index (χ1v) is 6.09. The highest BCUT2D eigenvalue weighted by Gasteiger charge is 2.13. The van der Waals surface area contributed by atoms with Crippen LogP contribution in [0.15, 0.2) is 36.5 Å². The molecule has 0 atom stereocenters. The Kier molecular flexibility index (Phi) is 4.43. The van der Waals surface area contributed by atoms with E-state index >= 15 is 0 Å². The van der Waals surface area contributed by atoms with Crippen molar-refractivity contribution in [3.63, 3.8) is 0 Å². The van der Waals surface area contributed by atoms with E-state index in [4.69, 9.17) is 5.11 Å². The smallest absolute Gasteiger partial charge is 0.355 e. The fourth-order valence-corrected chi connectivity index (χ4v) is 1.72. The molecule has 20 heavy (non-hydrogen) atoms. The highest BCUT2D eigenvalue weighted by molar-refractivity contribution is 5.86. The van der Waals surface area contributed by atoms with Crippen molar-refractivity contribution < 1.29 is 14.7 Å². The van der Waals surface area contributed by atoms with Gasteiger partial charge >= 0.3 is 5.97 Å².